The second-order valence-corrected chi connectivity index (χ2v) is 3.36. The summed E-state index contributed by atoms with van der Waals surface area (Å²) in [6.07, 6.45) is -0.379. The van der Waals surface area contributed by atoms with Gasteiger partial charge in [0.1, 0.15) is 5.85 Å². The first-order valence-electron chi connectivity index (χ1n) is 2.19. The van der Waals surface area contributed by atoms with E-state index in [0.29, 0.717) is 0 Å². The number of ether oxygens (including phenoxy) is 1. The molecule has 1 saturated heterocycles. The molecular formula is C3H7CaO5P. The summed E-state index contributed by atoms with van der Waals surface area (Å²) in [4.78, 5) is 19.9. The minimum Gasteiger partial charge on any atom is -0.809 e. The molecule has 1 aliphatic rings. The fraction of sp³-hybridized carbons (Fsp3) is 1.00. The SMILES string of the molecule is C[C@H]1O[C@H]1P(=O)([O-])[O-].O.[Ca+2]. The molecule has 5 nitrogen and oxygen atoms in total. The van der Waals surface area contributed by atoms with E-state index in [1.54, 1.807) is 6.92 Å². The Morgan fingerprint density at radius 1 is 1.50 bits per heavy atom. The normalized spacial score (nSPS) is 29.9. The third-order valence-electron chi connectivity index (χ3n) is 0.991. The van der Waals surface area contributed by atoms with Gasteiger partial charge in [-0.2, -0.15) is 0 Å². The molecule has 1 heterocycles. The van der Waals surface area contributed by atoms with Crippen LogP contribution < -0.4 is 9.79 Å². The van der Waals surface area contributed by atoms with Crippen LogP contribution in [0.25, 0.3) is 0 Å². The Hall–Kier alpha value is 1.33. The maximum Gasteiger partial charge on any atom is 2.00 e. The van der Waals surface area contributed by atoms with E-state index in [2.05, 4.69) is 4.74 Å². The zero-order valence-electron chi connectivity index (χ0n) is 5.44. The van der Waals surface area contributed by atoms with Gasteiger partial charge >= 0.3 is 37.7 Å². The van der Waals surface area contributed by atoms with Gasteiger partial charge in [-0.3, -0.25) is 0 Å². The molecule has 0 aromatic carbocycles. The van der Waals surface area contributed by atoms with E-state index in [1.165, 1.54) is 0 Å². The Bertz CT molecular complexity index is 144. The van der Waals surface area contributed by atoms with Crippen molar-refractivity contribution in [1.82, 2.24) is 0 Å². The van der Waals surface area contributed by atoms with Crippen molar-refractivity contribution in [2.45, 2.75) is 18.9 Å². The Morgan fingerprint density at radius 2 is 1.80 bits per heavy atom. The summed E-state index contributed by atoms with van der Waals surface area (Å²) < 4.78 is 14.3. The standard InChI is InChI=1S/C3H7O4P.Ca.H2O/c1-2-3(7-2)8(4,5)6;;/h2-3H,1H3,(H2,4,5,6);;1H2/q;+2;/p-2/t2-,3+;;/m1../s1. The van der Waals surface area contributed by atoms with E-state index in [1.807, 2.05) is 0 Å². The summed E-state index contributed by atoms with van der Waals surface area (Å²) in [6.45, 7) is 1.55. The summed E-state index contributed by atoms with van der Waals surface area (Å²) in [5.41, 5.74) is 0. The molecule has 2 atom stereocenters. The largest absolute Gasteiger partial charge is 2.00 e. The monoisotopic (exact) mass is 194 g/mol. The number of hydrogen-bond donors (Lipinski definition) is 0. The van der Waals surface area contributed by atoms with Gasteiger partial charge in [0.05, 0.1) is 6.10 Å². The quantitative estimate of drug-likeness (QED) is 0.260. The smallest absolute Gasteiger partial charge is 0.809 e. The van der Waals surface area contributed by atoms with E-state index in [4.69, 9.17) is 0 Å². The summed E-state index contributed by atoms with van der Waals surface area (Å²) in [5.74, 6) is -1.04. The molecule has 0 saturated carbocycles. The van der Waals surface area contributed by atoms with Crippen molar-refractivity contribution < 1.29 is 24.6 Å². The van der Waals surface area contributed by atoms with Crippen molar-refractivity contribution in [3.8, 4) is 0 Å². The molecule has 0 bridgehead atoms. The van der Waals surface area contributed by atoms with Crippen LogP contribution in [0.3, 0.4) is 0 Å². The Kier molecular flexibility index (Phi) is 6.08. The Balaban J connectivity index is 0. The van der Waals surface area contributed by atoms with E-state index >= 15 is 0 Å². The fourth-order valence-corrected chi connectivity index (χ4v) is 1.36. The van der Waals surface area contributed by atoms with Crippen LogP contribution in [-0.4, -0.2) is 55.2 Å². The fourth-order valence-electron chi connectivity index (χ4n) is 0.506. The second-order valence-electron chi connectivity index (χ2n) is 1.77. The van der Waals surface area contributed by atoms with E-state index in [0.717, 1.165) is 0 Å². The molecule has 1 aliphatic heterocycles. The van der Waals surface area contributed by atoms with Crippen molar-refractivity contribution in [1.29, 1.82) is 0 Å². The van der Waals surface area contributed by atoms with E-state index in [-0.39, 0.29) is 49.3 Å². The number of epoxide rings is 1. The predicted molar refractivity (Wildman–Crippen MR) is 31.3 cm³/mol. The van der Waals surface area contributed by atoms with Crippen LogP contribution in [0.15, 0.2) is 0 Å². The molecule has 0 unspecified atom stereocenters. The summed E-state index contributed by atoms with van der Waals surface area (Å²) >= 11 is 0. The molecule has 0 aromatic heterocycles. The van der Waals surface area contributed by atoms with Crippen LogP contribution >= 0.6 is 7.60 Å². The summed E-state index contributed by atoms with van der Waals surface area (Å²) in [5, 5.41) is 0. The molecular weight excluding hydrogens is 187 g/mol. The maximum absolute atomic E-state index is 9.95. The average Bonchev–Trinajstić information content (AvgIpc) is 2.13. The van der Waals surface area contributed by atoms with Gasteiger partial charge in [0.25, 0.3) is 0 Å². The van der Waals surface area contributed by atoms with Crippen LogP contribution in [0.2, 0.25) is 0 Å². The number of hydrogen-bond acceptors (Lipinski definition) is 4. The minimum absolute atomic E-state index is 0. The van der Waals surface area contributed by atoms with Gasteiger partial charge in [0, 0.05) is 0 Å². The second kappa shape index (κ2) is 4.38. The molecule has 0 radical (unpaired) electrons. The maximum atomic E-state index is 9.95. The van der Waals surface area contributed by atoms with Crippen molar-refractivity contribution in [2.24, 2.45) is 0 Å². The van der Waals surface area contributed by atoms with Gasteiger partial charge in [-0.15, -0.1) is 0 Å². The predicted octanol–water partition coefficient (Wildman–Crippen LogP) is -2.56. The van der Waals surface area contributed by atoms with Gasteiger partial charge in [0.2, 0.25) is 0 Å². The molecule has 56 valence electrons. The molecule has 10 heavy (non-hydrogen) atoms. The van der Waals surface area contributed by atoms with Gasteiger partial charge in [0.15, 0.2) is 0 Å². The van der Waals surface area contributed by atoms with Crippen molar-refractivity contribution in [3.05, 3.63) is 0 Å². The van der Waals surface area contributed by atoms with Crippen LogP contribution in [0.1, 0.15) is 6.92 Å². The van der Waals surface area contributed by atoms with Crippen LogP contribution in [-0.2, 0) is 9.30 Å². The van der Waals surface area contributed by atoms with Crippen molar-refractivity contribution in [2.75, 3.05) is 0 Å². The van der Waals surface area contributed by atoms with Gasteiger partial charge in [-0.05, 0) is 14.5 Å². The van der Waals surface area contributed by atoms with Crippen LogP contribution in [0.5, 0.6) is 0 Å². The van der Waals surface area contributed by atoms with Crippen LogP contribution in [0, 0.1) is 0 Å². The minimum atomic E-state index is -4.40. The summed E-state index contributed by atoms with van der Waals surface area (Å²) in [6, 6.07) is 0. The molecule has 0 amide bonds. The molecule has 2 N–H and O–H groups in total. The first-order chi connectivity index (χ1) is 3.52. The molecule has 0 aromatic rings. The van der Waals surface area contributed by atoms with Gasteiger partial charge in [-0.1, -0.05) is 0 Å². The zero-order valence-corrected chi connectivity index (χ0v) is 8.54. The molecule has 1 fully saturated rings. The molecule has 1 rings (SSSR count). The topological polar surface area (TPSA) is 107 Å². The average molecular weight is 194 g/mol. The van der Waals surface area contributed by atoms with Crippen molar-refractivity contribution >= 4 is 45.3 Å². The van der Waals surface area contributed by atoms with Gasteiger partial charge < -0.3 is 24.6 Å². The molecule has 0 aliphatic carbocycles. The van der Waals surface area contributed by atoms with Gasteiger partial charge in [-0.25, -0.2) is 0 Å². The third kappa shape index (κ3) is 3.64. The Labute approximate surface area is 88.2 Å². The van der Waals surface area contributed by atoms with Crippen LogP contribution in [0.4, 0.5) is 0 Å². The van der Waals surface area contributed by atoms with Crippen molar-refractivity contribution in [3.63, 3.8) is 0 Å². The first-order valence-corrected chi connectivity index (χ1v) is 3.80. The summed E-state index contributed by atoms with van der Waals surface area (Å²) in [7, 11) is -4.40. The molecule has 0 spiro atoms. The van der Waals surface area contributed by atoms with E-state index < -0.39 is 13.4 Å². The Morgan fingerprint density at radius 3 is 1.80 bits per heavy atom. The third-order valence-corrected chi connectivity index (χ3v) is 2.16. The van der Waals surface area contributed by atoms with E-state index in [9.17, 15) is 14.4 Å². The number of rotatable bonds is 1. The zero-order chi connectivity index (χ0) is 6.36. The molecule has 7 heteroatoms. The first kappa shape index (κ1) is 13.9.